The number of hydrogen-bond acceptors (Lipinski definition) is 3. The number of carboxylic acid groups (broad SMARTS) is 1. The highest BCUT2D eigenvalue weighted by Crippen LogP contribution is 2.27. The molecule has 5 nitrogen and oxygen atoms in total. The van der Waals surface area contributed by atoms with Crippen molar-refractivity contribution in [1.29, 1.82) is 0 Å². The molecule has 0 aromatic carbocycles. The van der Waals surface area contributed by atoms with Gasteiger partial charge in [-0.05, 0) is 33.3 Å². The van der Waals surface area contributed by atoms with Crippen LogP contribution < -0.4 is 0 Å². The zero-order chi connectivity index (χ0) is 13.4. The van der Waals surface area contributed by atoms with Crippen LogP contribution in [0.1, 0.15) is 35.2 Å². The van der Waals surface area contributed by atoms with Crippen molar-refractivity contribution in [3.05, 3.63) is 23.2 Å². The van der Waals surface area contributed by atoms with Crippen molar-refractivity contribution in [2.75, 3.05) is 6.54 Å². The van der Waals surface area contributed by atoms with Crippen molar-refractivity contribution >= 4 is 11.9 Å². The smallest absolute Gasteiger partial charge is 0.308 e. The second-order valence-corrected chi connectivity index (χ2v) is 4.84. The average Bonchev–Trinajstić information content (AvgIpc) is 2.81. The Hall–Kier alpha value is -1.78. The van der Waals surface area contributed by atoms with Crippen LogP contribution in [0, 0.1) is 19.8 Å². The predicted molar refractivity (Wildman–Crippen MR) is 64.4 cm³/mol. The second kappa shape index (κ2) is 4.48. The van der Waals surface area contributed by atoms with Crippen LogP contribution in [-0.4, -0.2) is 34.5 Å². The van der Waals surface area contributed by atoms with Crippen LogP contribution in [0.25, 0.3) is 0 Å². The molecule has 18 heavy (non-hydrogen) atoms. The number of nitrogens with zero attached hydrogens (tertiary/aromatic N) is 1. The van der Waals surface area contributed by atoms with E-state index in [1.54, 1.807) is 18.7 Å². The number of hydrogen-bond donors (Lipinski definition) is 1. The summed E-state index contributed by atoms with van der Waals surface area (Å²) in [4.78, 5) is 24.9. The summed E-state index contributed by atoms with van der Waals surface area (Å²) in [5, 5.41) is 9.05. The van der Waals surface area contributed by atoms with Crippen LogP contribution in [0.2, 0.25) is 0 Å². The molecule has 2 rings (SSSR count). The van der Waals surface area contributed by atoms with E-state index in [1.165, 1.54) is 0 Å². The minimum absolute atomic E-state index is 0.211. The number of carboxylic acids is 1. The summed E-state index contributed by atoms with van der Waals surface area (Å²) in [6, 6.07) is 1.52. The van der Waals surface area contributed by atoms with Crippen molar-refractivity contribution in [3.8, 4) is 0 Å². The Bertz CT molecular complexity index is 491. The number of carbonyl (C=O) groups is 2. The molecule has 1 aliphatic rings. The third-order valence-corrected chi connectivity index (χ3v) is 3.57. The van der Waals surface area contributed by atoms with Crippen LogP contribution >= 0.6 is 0 Å². The molecule has 1 aromatic heterocycles. The van der Waals surface area contributed by atoms with E-state index in [4.69, 9.17) is 9.52 Å². The fraction of sp³-hybridized carbons (Fsp3) is 0.538. The first-order valence-electron chi connectivity index (χ1n) is 6.02. The first kappa shape index (κ1) is 12.7. The zero-order valence-corrected chi connectivity index (χ0v) is 10.8. The Balaban J connectivity index is 2.21. The Morgan fingerprint density at radius 1 is 1.44 bits per heavy atom. The van der Waals surface area contributed by atoms with Gasteiger partial charge in [0, 0.05) is 18.2 Å². The monoisotopic (exact) mass is 251 g/mol. The third kappa shape index (κ3) is 2.00. The molecule has 0 radical (unpaired) electrons. The van der Waals surface area contributed by atoms with E-state index in [9.17, 15) is 9.59 Å². The highest BCUT2D eigenvalue weighted by molar-refractivity contribution is 5.94. The van der Waals surface area contributed by atoms with Gasteiger partial charge in [-0.15, -0.1) is 0 Å². The van der Waals surface area contributed by atoms with Crippen LogP contribution in [0.4, 0.5) is 0 Å². The lowest BCUT2D eigenvalue weighted by atomic mass is 10.0. The number of aryl methyl sites for hydroxylation is 2. The molecule has 1 saturated heterocycles. The summed E-state index contributed by atoms with van der Waals surface area (Å²) in [6.07, 6.45) is 0.501. The van der Waals surface area contributed by atoms with Crippen molar-refractivity contribution < 1.29 is 19.1 Å². The van der Waals surface area contributed by atoms with E-state index in [2.05, 4.69) is 0 Å². The van der Waals surface area contributed by atoms with Gasteiger partial charge in [0.1, 0.15) is 5.76 Å². The summed E-state index contributed by atoms with van der Waals surface area (Å²) >= 11 is 0. The lowest BCUT2D eigenvalue weighted by Crippen LogP contribution is -2.37. The molecule has 98 valence electrons. The number of rotatable bonds is 2. The maximum absolute atomic E-state index is 12.3. The van der Waals surface area contributed by atoms with E-state index in [-0.39, 0.29) is 11.9 Å². The summed E-state index contributed by atoms with van der Waals surface area (Å²) in [5.74, 6) is -0.518. The summed E-state index contributed by atoms with van der Waals surface area (Å²) in [6.45, 7) is 5.85. The van der Waals surface area contributed by atoms with Gasteiger partial charge in [-0.2, -0.15) is 0 Å². The normalized spacial score (nSPS) is 23.4. The Morgan fingerprint density at radius 2 is 2.11 bits per heavy atom. The number of furan rings is 1. The van der Waals surface area contributed by atoms with Crippen LogP contribution in [0.3, 0.4) is 0 Å². The van der Waals surface area contributed by atoms with Crippen molar-refractivity contribution in [1.82, 2.24) is 4.90 Å². The minimum atomic E-state index is -0.842. The van der Waals surface area contributed by atoms with Crippen LogP contribution in [0.5, 0.6) is 0 Å². The summed E-state index contributed by atoms with van der Waals surface area (Å²) in [5.41, 5.74) is 0.795. The molecule has 1 amide bonds. The van der Waals surface area contributed by atoms with Gasteiger partial charge in [0.15, 0.2) is 5.76 Å². The predicted octanol–water partition coefficient (Wildman–Crippen LogP) is 1.83. The topological polar surface area (TPSA) is 70.8 Å². The van der Waals surface area contributed by atoms with E-state index in [0.29, 0.717) is 24.5 Å². The standard InChI is InChI=1S/C13H17NO4/c1-7-6-8(2)18-11(7)12(15)14-5-4-10(9(14)3)13(16)17/h6,9-10H,4-5H2,1-3H3,(H,16,17). The molecule has 5 heteroatoms. The molecule has 0 aliphatic carbocycles. The van der Waals surface area contributed by atoms with Crippen molar-refractivity contribution in [2.24, 2.45) is 5.92 Å². The summed E-state index contributed by atoms with van der Waals surface area (Å²) in [7, 11) is 0. The van der Waals surface area contributed by atoms with E-state index >= 15 is 0 Å². The largest absolute Gasteiger partial charge is 0.481 e. The fourth-order valence-electron chi connectivity index (χ4n) is 2.54. The molecule has 2 atom stereocenters. The molecule has 1 fully saturated rings. The quantitative estimate of drug-likeness (QED) is 0.870. The van der Waals surface area contributed by atoms with E-state index in [0.717, 1.165) is 5.56 Å². The van der Waals surface area contributed by atoms with Crippen molar-refractivity contribution in [3.63, 3.8) is 0 Å². The van der Waals surface area contributed by atoms with Gasteiger partial charge in [-0.25, -0.2) is 0 Å². The van der Waals surface area contributed by atoms with Gasteiger partial charge in [0.05, 0.1) is 5.92 Å². The Kier molecular flexibility index (Phi) is 3.15. The lowest BCUT2D eigenvalue weighted by Gasteiger charge is -2.22. The highest BCUT2D eigenvalue weighted by atomic mass is 16.4. The first-order valence-corrected chi connectivity index (χ1v) is 6.02. The molecule has 1 N–H and O–H groups in total. The lowest BCUT2D eigenvalue weighted by molar-refractivity contribution is -0.142. The molecule has 2 unspecified atom stereocenters. The Labute approximate surface area is 105 Å². The maximum Gasteiger partial charge on any atom is 0.308 e. The van der Waals surface area contributed by atoms with Gasteiger partial charge in [-0.3, -0.25) is 9.59 Å². The number of amides is 1. The van der Waals surface area contributed by atoms with Gasteiger partial charge >= 0.3 is 5.97 Å². The molecular weight excluding hydrogens is 234 g/mol. The molecule has 0 saturated carbocycles. The molecule has 2 heterocycles. The van der Waals surface area contributed by atoms with Gasteiger partial charge in [0.25, 0.3) is 5.91 Å². The highest BCUT2D eigenvalue weighted by Gasteiger charge is 2.39. The van der Waals surface area contributed by atoms with E-state index in [1.807, 2.05) is 13.0 Å². The van der Waals surface area contributed by atoms with Gasteiger partial charge in [-0.1, -0.05) is 0 Å². The first-order chi connectivity index (χ1) is 8.41. The average molecular weight is 251 g/mol. The molecule has 1 aromatic rings. The maximum atomic E-state index is 12.3. The third-order valence-electron chi connectivity index (χ3n) is 3.57. The molecule has 1 aliphatic heterocycles. The van der Waals surface area contributed by atoms with Gasteiger partial charge in [0.2, 0.25) is 0 Å². The number of likely N-dealkylation sites (tertiary alicyclic amines) is 1. The Morgan fingerprint density at radius 3 is 2.56 bits per heavy atom. The van der Waals surface area contributed by atoms with E-state index < -0.39 is 11.9 Å². The van der Waals surface area contributed by atoms with Crippen LogP contribution in [-0.2, 0) is 4.79 Å². The number of carbonyl (C=O) groups excluding carboxylic acids is 1. The molecular formula is C13H17NO4. The zero-order valence-electron chi connectivity index (χ0n) is 10.8. The SMILES string of the molecule is Cc1cc(C)c(C(=O)N2CCC(C(=O)O)C2C)o1. The number of aliphatic carboxylic acids is 1. The van der Waals surface area contributed by atoms with Crippen LogP contribution in [0.15, 0.2) is 10.5 Å². The fourth-order valence-corrected chi connectivity index (χ4v) is 2.54. The van der Waals surface area contributed by atoms with Crippen molar-refractivity contribution in [2.45, 2.75) is 33.2 Å². The second-order valence-electron chi connectivity index (χ2n) is 4.84. The minimum Gasteiger partial charge on any atom is -0.481 e. The van der Waals surface area contributed by atoms with Gasteiger partial charge < -0.3 is 14.4 Å². The molecule has 0 spiro atoms. The summed E-state index contributed by atoms with van der Waals surface area (Å²) < 4.78 is 5.39. The molecule has 0 bridgehead atoms.